The smallest absolute Gasteiger partial charge is 0.326 e. The molecule has 1 aromatic heterocycles. The minimum absolute atomic E-state index is 0.0505. The van der Waals surface area contributed by atoms with Crippen LogP contribution in [0.1, 0.15) is 37.9 Å². The molecule has 8 nitrogen and oxygen atoms in total. The molecule has 21 heavy (non-hydrogen) atoms. The van der Waals surface area contributed by atoms with E-state index >= 15 is 0 Å². The summed E-state index contributed by atoms with van der Waals surface area (Å²) in [4.78, 5) is 29.3. The van der Waals surface area contributed by atoms with Crippen LogP contribution in [-0.2, 0) is 11.3 Å². The molecule has 2 aliphatic rings. The minimum Gasteiger partial charge on any atom is -0.480 e. The Bertz CT molecular complexity index is 518. The van der Waals surface area contributed by atoms with E-state index < -0.39 is 12.0 Å². The van der Waals surface area contributed by atoms with Crippen LogP contribution in [-0.4, -0.2) is 49.3 Å². The second-order valence-electron chi connectivity index (χ2n) is 5.70. The van der Waals surface area contributed by atoms with Gasteiger partial charge in [-0.1, -0.05) is 12.8 Å². The molecule has 3 atom stereocenters. The Hall–Kier alpha value is -2.12. The zero-order valence-corrected chi connectivity index (χ0v) is 11.7. The third-order valence-corrected chi connectivity index (χ3v) is 4.48. The molecule has 3 unspecified atom stereocenters. The number of urea groups is 1. The first-order valence-corrected chi connectivity index (χ1v) is 7.30. The third-order valence-electron chi connectivity index (χ3n) is 4.48. The van der Waals surface area contributed by atoms with Crippen LogP contribution in [0.15, 0.2) is 6.33 Å². The van der Waals surface area contributed by atoms with Crippen LogP contribution in [0.25, 0.3) is 0 Å². The first-order chi connectivity index (χ1) is 10.2. The predicted molar refractivity (Wildman–Crippen MR) is 72.2 cm³/mol. The quantitative estimate of drug-likeness (QED) is 0.761. The van der Waals surface area contributed by atoms with Gasteiger partial charge in [-0.15, -0.1) is 0 Å². The molecule has 1 aliphatic heterocycles. The summed E-state index contributed by atoms with van der Waals surface area (Å²) in [5.41, 5.74) is 0. The molecule has 0 bridgehead atoms. The van der Waals surface area contributed by atoms with Crippen LogP contribution in [0.4, 0.5) is 4.79 Å². The van der Waals surface area contributed by atoms with Gasteiger partial charge >= 0.3 is 12.0 Å². The Balaban J connectivity index is 1.70. The highest BCUT2D eigenvalue weighted by atomic mass is 16.4. The summed E-state index contributed by atoms with van der Waals surface area (Å²) in [6, 6.07) is -0.990. The van der Waals surface area contributed by atoms with Crippen molar-refractivity contribution in [2.24, 2.45) is 5.92 Å². The number of nitrogens with zero attached hydrogens (tertiary/aromatic N) is 3. The number of hydrogen-bond acceptors (Lipinski definition) is 4. The van der Waals surface area contributed by atoms with Crippen molar-refractivity contribution in [3.63, 3.8) is 0 Å². The summed E-state index contributed by atoms with van der Waals surface area (Å²) < 4.78 is 0. The van der Waals surface area contributed by atoms with Gasteiger partial charge in [0.05, 0.1) is 6.54 Å². The molecule has 0 radical (unpaired) electrons. The average molecular weight is 293 g/mol. The van der Waals surface area contributed by atoms with Gasteiger partial charge in [0.2, 0.25) is 0 Å². The van der Waals surface area contributed by atoms with Gasteiger partial charge in [-0.2, -0.15) is 5.10 Å². The van der Waals surface area contributed by atoms with Crippen molar-refractivity contribution in [3.8, 4) is 0 Å². The predicted octanol–water partition coefficient (Wildman–Crippen LogP) is 0.732. The second-order valence-corrected chi connectivity index (χ2v) is 5.70. The lowest BCUT2D eigenvalue weighted by Crippen LogP contribution is -2.50. The number of carboxylic acids is 1. The molecule has 0 spiro atoms. The standard InChI is InChI=1S/C13H19N5O3/c19-12(20)10-5-8-3-1-2-4-9(8)18(10)13(21)14-6-11-15-7-16-17-11/h7-10H,1-6H2,(H,14,21)(H,19,20)(H,15,16,17). The highest BCUT2D eigenvalue weighted by molar-refractivity contribution is 5.83. The summed E-state index contributed by atoms with van der Waals surface area (Å²) in [5, 5.41) is 18.5. The summed E-state index contributed by atoms with van der Waals surface area (Å²) in [5.74, 6) is -0.0512. The minimum atomic E-state index is -0.917. The van der Waals surface area contributed by atoms with Crippen LogP contribution in [0.2, 0.25) is 0 Å². The SMILES string of the molecule is O=C(O)C1CC2CCCCC2N1C(=O)NCc1ncn[nH]1. The normalized spacial score (nSPS) is 28.2. The molecule has 0 aromatic carbocycles. The number of carboxylic acid groups (broad SMARTS) is 1. The van der Waals surface area contributed by atoms with Crippen molar-refractivity contribution in [3.05, 3.63) is 12.2 Å². The number of likely N-dealkylation sites (tertiary alicyclic amines) is 1. The monoisotopic (exact) mass is 293 g/mol. The number of rotatable bonds is 3. The zero-order valence-electron chi connectivity index (χ0n) is 11.7. The van der Waals surface area contributed by atoms with Crippen LogP contribution in [0.3, 0.4) is 0 Å². The highest BCUT2D eigenvalue weighted by Crippen LogP contribution is 2.39. The molecule has 2 fully saturated rings. The largest absolute Gasteiger partial charge is 0.480 e. The summed E-state index contributed by atoms with van der Waals surface area (Å²) in [6.07, 6.45) is 6.02. The van der Waals surface area contributed by atoms with Crippen LogP contribution < -0.4 is 5.32 Å². The maximum atomic E-state index is 12.4. The highest BCUT2D eigenvalue weighted by Gasteiger charge is 2.47. The van der Waals surface area contributed by atoms with E-state index in [4.69, 9.17) is 0 Å². The first kappa shape index (κ1) is 13.8. The molecule has 1 saturated carbocycles. The van der Waals surface area contributed by atoms with Gasteiger partial charge in [0.15, 0.2) is 0 Å². The summed E-state index contributed by atoms with van der Waals surface area (Å²) >= 11 is 0. The summed E-state index contributed by atoms with van der Waals surface area (Å²) in [6.45, 7) is 0.221. The van der Waals surface area contributed by atoms with Crippen molar-refractivity contribution < 1.29 is 14.7 Å². The lowest BCUT2D eigenvalue weighted by molar-refractivity contribution is -0.141. The second kappa shape index (κ2) is 5.71. The van der Waals surface area contributed by atoms with Crippen LogP contribution in [0, 0.1) is 5.92 Å². The average Bonchev–Trinajstić information content (AvgIpc) is 3.11. The number of hydrogen-bond donors (Lipinski definition) is 3. The molecule has 1 aliphatic carbocycles. The van der Waals surface area contributed by atoms with E-state index in [1.54, 1.807) is 0 Å². The number of carbonyl (C=O) groups excluding carboxylic acids is 1. The van der Waals surface area contributed by atoms with E-state index in [0.29, 0.717) is 18.2 Å². The molecule has 1 aromatic rings. The maximum absolute atomic E-state index is 12.4. The van der Waals surface area contributed by atoms with Gasteiger partial charge in [-0.05, 0) is 25.2 Å². The molecule has 2 heterocycles. The fourth-order valence-electron chi connectivity index (χ4n) is 3.54. The Labute approximate surface area is 121 Å². The number of amides is 2. The van der Waals surface area contributed by atoms with Gasteiger partial charge in [0.1, 0.15) is 18.2 Å². The topological polar surface area (TPSA) is 111 Å². The fourth-order valence-corrected chi connectivity index (χ4v) is 3.54. The van der Waals surface area contributed by atoms with E-state index in [9.17, 15) is 14.7 Å². The van der Waals surface area contributed by atoms with Crippen molar-refractivity contribution in [2.75, 3.05) is 0 Å². The Morgan fingerprint density at radius 1 is 1.43 bits per heavy atom. The number of aromatic amines is 1. The first-order valence-electron chi connectivity index (χ1n) is 7.30. The molecule has 3 N–H and O–H groups in total. The van der Waals surface area contributed by atoms with E-state index in [1.165, 1.54) is 11.2 Å². The number of H-pyrrole nitrogens is 1. The lowest BCUT2D eigenvalue weighted by Gasteiger charge is -2.32. The fraction of sp³-hybridized carbons (Fsp3) is 0.692. The van der Waals surface area contributed by atoms with Crippen molar-refractivity contribution in [1.29, 1.82) is 0 Å². The number of carbonyl (C=O) groups is 2. The Morgan fingerprint density at radius 3 is 2.95 bits per heavy atom. The zero-order chi connectivity index (χ0) is 14.8. The van der Waals surface area contributed by atoms with Crippen molar-refractivity contribution in [1.82, 2.24) is 25.4 Å². The van der Waals surface area contributed by atoms with Crippen LogP contribution in [0.5, 0.6) is 0 Å². The van der Waals surface area contributed by atoms with Crippen molar-refractivity contribution >= 4 is 12.0 Å². The van der Waals surface area contributed by atoms with Gasteiger partial charge < -0.3 is 15.3 Å². The van der Waals surface area contributed by atoms with Gasteiger partial charge in [-0.3, -0.25) is 5.10 Å². The summed E-state index contributed by atoms with van der Waals surface area (Å²) in [7, 11) is 0. The van der Waals surface area contributed by atoms with Crippen LogP contribution >= 0.6 is 0 Å². The van der Waals surface area contributed by atoms with Gasteiger partial charge in [0, 0.05) is 6.04 Å². The van der Waals surface area contributed by atoms with E-state index in [1.807, 2.05) is 0 Å². The molecule has 1 saturated heterocycles. The number of aliphatic carboxylic acids is 1. The third kappa shape index (κ3) is 2.70. The molecule has 3 rings (SSSR count). The number of nitrogens with one attached hydrogen (secondary N) is 2. The molecule has 2 amide bonds. The molecular formula is C13H19N5O3. The van der Waals surface area contributed by atoms with E-state index in [0.717, 1.165) is 25.7 Å². The number of aromatic nitrogens is 3. The molecule has 8 heteroatoms. The molecule has 114 valence electrons. The lowest BCUT2D eigenvalue weighted by atomic mass is 9.85. The Kier molecular flexibility index (Phi) is 3.76. The Morgan fingerprint density at radius 2 is 2.24 bits per heavy atom. The van der Waals surface area contributed by atoms with Crippen molar-refractivity contribution in [2.45, 2.75) is 50.7 Å². The van der Waals surface area contributed by atoms with Gasteiger partial charge in [-0.25, -0.2) is 14.6 Å². The van der Waals surface area contributed by atoms with E-state index in [2.05, 4.69) is 20.5 Å². The van der Waals surface area contributed by atoms with E-state index in [-0.39, 0.29) is 18.6 Å². The maximum Gasteiger partial charge on any atom is 0.326 e. The van der Waals surface area contributed by atoms with Gasteiger partial charge in [0.25, 0.3) is 0 Å². The number of fused-ring (bicyclic) bond motifs is 1. The molecular weight excluding hydrogens is 274 g/mol.